The Morgan fingerprint density at radius 3 is 2.84 bits per heavy atom. The Morgan fingerprint density at radius 1 is 1.20 bits per heavy atom. The lowest BCUT2D eigenvalue weighted by Gasteiger charge is -2.48. The molecular weight excluding hydrogens is 312 g/mol. The molecule has 1 aromatic heterocycles. The third-order valence-electron chi connectivity index (χ3n) is 5.72. The minimum absolute atomic E-state index is 0.308. The van der Waals surface area contributed by atoms with Gasteiger partial charge in [-0.3, -0.25) is 9.78 Å². The van der Waals surface area contributed by atoms with Crippen molar-refractivity contribution in [3.63, 3.8) is 0 Å². The van der Waals surface area contributed by atoms with E-state index in [1.807, 2.05) is 12.3 Å². The number of carbonyl (C=O) groups excluding carboxylic acids is 1. The standard InChI is InChI=1S/C20H32N4O/c1-22(2)14-15-24-17-20(10-7-19(24)25)9-5-12-23(16-20)13-8-18-6-3-4-11-21-18/h3-4,6,11H,5,7-10,12-17H2,1-2H3/t20-/m1/s1. The van der Waals surface area contributed by atoms with Crippen molar-refractivity contribution >= 4 is 5.91 Å². The number of pyridine rings is 1. The Balaban J connectivity index is 1.56. The second-order valence-electron chi connectivity index (χ2n) is 8.07. The van der Waals surface area contributed by atoms with Crippen molar-refractivity contribution in [1.29, 1.82) is 0 Å². The van der Waals surface area contributed by atoms with Gasteiger partial charge in [-0.1, -0.05) is 6.07 Å². The van der Waals surface area contributed by atoms with Gasteiger partial charge in [0, 0.05) is 62.9 Å². The van der Waals surface area contributed by atoms with E-state index in [2.05, 4.69) is 45.9 Å². The lowest BCUT2D eigenvalue weighted by molar-refractivity contribution is -0.139. The van der Waals surface area contributed by atoms with E-state index in [4.69, 9.17) is 0 Å². The van der Waals surface area contributed by atoms with Crippen LogP contribution < -0.4 is 0 Å². The molecule has 0 radical (unpaired) electrons. The number of piperidine rings is 2. The van der Waals surface area contributed by atoms with Gasteiger partial charge in [-0.25, -0.2) is 0 Å². The van der Waals surface area contributed by atoms with Gasteiger partial charge in [0.15, 0.2) is 0 Å². The van der Waals surface area contributed by atoms with Crippen molar-refractivity contribution in [3.05, 3.63) is 30.1 Å². The summed E-state index contributed by atoms with van der Waals surface area (Å²) in [5, 5.41) is 0. The number of nitrogens with zero attached hydrogens (tertiary/aromatic N) is 4. The first-order valence-electron chi connectivity index (χ1n) is 9.61. The zero-order valence-electron chi connectivity index (χ0n) is 15.8. The average molecular weight is 345 g/mol. The van der Waals surface area contributed by atoms with Gasteiger partial charge >= 0.3 is 0 Å². The lowest BCUT2D eigenvalue weighted by Crippen LogP contribution is -2.55. The van der Waals surface area contributed by atoms with Crippen LogP contribution in [0.1, 0.15) is 31.4 Å². The number of hydrogen-bond acceptors (Lipinski definition) is 4. The maximum Gasteiger partial charge on any atom is 0.222 e. The van der Waals surface area contributed by atoms with Crippen LogP contribution in [0.4, 0.5) is 0 Å². The topological polar surface area (TPSA) is 39.7 Å². The summed E-state index contributed by atoms with van der Waals surface area (Å²) in [6, 6.07) is 6.15. The SMILES string of the molecule is CN(C)CCN1C[C@]2(CCCN(CCc3ccccn3)C2)CCC1=O. The van der Waals surface area contributed by atoms with Gasteiger partial charge in [-0.2, -0.15) is 0 Å². The highest BCUT2D eigenvalue weighted by atomic mass is 16.2. The van der Waals surface area contributed by atoms with Gasteiger partial charge in [0.05, 0.1) is 0 Å². The molecule has 1 amide bonds. The predicted molar refractivity (Wildman–Crippen MR) is 100 cm³/mol. The number of rotatable bonds is 6. The Labute approximate surface area is 152 Å². The molecule has 2 saturated heterocycles. The fourth-order valence-electron chi connectivity index (χ4n) is 4.28. The largest absolute Gasteiger partial charge is 0.341 e. The first kappa shape index (κ1) is 18.3. The summed E-state index contributed by atoms with van der Waals surface area (Å²) in [6.07, 6.45) is 7.19. The second kappa shape index (κ2) is 8.28. The molecule has 0 bridgehead atoms. The number of hydrogen-bond donors (Lipinski definition) is 0. The van der Waals surface area contributed by atoms with Crippen molar-refractivity contribution in [2.45, 2.75) is 32.1 Å². The first-order chi connectivity index (χ1) is 12.1. The molecule has 1 spiro atoms. The Morgan fingerprint density at radius 2 is 2.08 bits per heavy atom. The monoisotopic (exact) mass is 344 g/mol. The summed E-state index contributed by atoms with van der Waals surface area (Å²) < 4.78 is 0. The van der Waals surface area contributed by atoms with Crippen LogP contribution in [0.3, 0.4) is 0 Å². The summed E-state index contributed by atoms with van der Waals surface area (Å²) in [7, 11) is 4.15. The Bertz CT molecular complexity index is 562. The molecule has 5 nitrogen and oxygen atoms in total. The van der Waals surface area contributed by atoms with Gasteiger partial charge < -0.3 is 14.7 Å². The third kappa shape index (κ3) is 5.02. The molecule has 3 heterocycles. The minimum Gasteiger partial charge on any atom is -0.341 e. The summed E-state index contributed by atoms with van der Waals surface area (Å²) in [5.41, 5.74) is 1.48. The highest BCUT2D eigenvalue weighted by Crippen LogP contribution is 2.38. The molecule has 0 aromatic carbocycles. The lowest BCUT2D eigenvalue weighted by atomic mass is 9.73. The average Bonchev–Trinajstić information content (AvgIpc) is 2.62. The van der Waals surface area contributed by atoms with Crippen molar-refractivity contribution in [1.82, 2.24) is 19.7 Å². The predicted octanol–water partition coefficient (Wildman–Crippen LogP) is 1.89. The zero-order valence-corrected chi connectivity index (χ0v) is 15.8. The molecule has 2 aliphatic heterocycles. The second-order valence-corrected chi connectivity index (χ2v) is 8.07. The summed E-state index contributed by atoms with van der Waals surface area (Å²) in [6.45, 7) is 6.14. The molecule has 25 heavy (non-hydrogen) atoms. The molecule has 3 rings (SSSR count). The van der Waals surface area contributed by atoms with E-state index in [0.29, 0.717) is 11.3 Å². The van der Waals surface area contributed by atoms with E-state index < -0.39 is 0 Å². The summed E-state index contributed by atoms with van der Waals surface area (Å²) in [5.74, 6) is 0.345. The van der Waals surface area contributed by atoms with Crippen molar-refractivity contribution < 1.29 is 4.79 Å². The van der Waals surface area contributed by atoms with E-state index in [1.54, 1.807) is 0 Å². The van der Waals surface area contributed by atoms with Crippen LogP contribution in [0.2, 0.25) is 0 Å². The third-order valence-corrected chi connectivity index (χ3v) is 5.72. The van der Waals surface area contributed by atoms with Crippen LogP contribution in [0.5, 0.6) is 0 Å². The van der Waals surface area contributed by atoms with E-state index in [0.717, 1.165) is 52.0 Å². The molecule has 2 fully saturated rings. The molecule has 0 aliphatic carbocycles. The van der Waals surface area contributed by atoms with Crippen molar-refractivity contribution in [3.8, 4) is 0 Å². The van der Waals surface area contributed by atoms with Crippen molar-refractivity contribution in [2.75, 3.05) is 53.4 Å². The minimum atomic E-state index is 0.308. The first-order valence-corrected chi connectivity index (χ1v) is 9.61. The number of amides is 1. The molecule has 0 unspecified atom stereocenters. The van der Waals surface area contributed by atoms with E-state index in [-0.39, 0.29) is 0 Å². The molecule has 138 valence electrons. The van der Waals surface area contributed by atoms with Crippen LogP contribution in [-0.2, 0) is 11.2 Å². The summed E-state index contributed by atoms with van der Waals surface area (Å²) in [4.78, 5) is 23.6. The smallest absolute Gasteiger partial charge is 0.222 e. The van der Waals surface area contributed by atoms with Crippen molar-refractivity contribution in [2.24, 2.45) is 5.41 Å². The number of carbonyl (C=O) groups is 1. The van der Waals surface area contributed by atoms with Crippen LogP contribution in [0.25, 0.3) is 0 Å². The number of likely N-dealkylation sites (N-methyl/N-ethyl adjacent to an activating group) is 1. The summed E-state index contributed by atoms with van der Waals surface area (Å²) >= 11 is 0. The molecule has 2 aliphatic rings. The molecule has 0 saturated carbocycles. The number of likely N-dealkylation sites (tertiary alicyclic amines) is 2. The fourth-order valence-corrected chi connectivity index (χ4v) is 4.28. The van der Waals surface area contributed by atoms with E-state index >= 15 is 0 Å². The molecule has 0 N–H and O–H groups in total. The van der Waals surface area contributed by atoms with Crippen LogP contribution in [0, 0.1) is 5.41 Å². The van der Waals surface area contributed by atoms with E-state index in [1.165, 1.54) is 25.1 Å². The Kier molecular flexibility index (Phi) is 6.07. The molecule has 1 atom stereocenters. The maximum atomic E-state index is 12.3. The van der Waals surface area contributed by atoms with Gasteiger partial charge in [0.1, 0.15) is 0 Å². The maximum absolute atomic E-state index is 12.3. The molecule has 1 aromatic rings. The van der Waals surface area contributed by atoms with E-state index in [9.17, 15) is 4.79 Å². The highest BCUT2D eigenvalue weighted by molar-refractivity contribution is 5.77. The fraction of sp³-hybridized carbons (Fsp3) is 0.700. The number of aromatic nitrogens is 1. The molecule has 5 heteroatoms. The van der Waals surface area contributed by atoms with Gasteiger partial charge in [-0.15, -0.1) is 0 Å². The molecular formula is C20H32N4O. The van der Waals surface area contributed by atoms with Gasteiger partial charge in [-0.05, 0) is 52.0 Å². The quantitative estimate of drug-likeness (QED) is 0.790. The zero-order chi connectivity index (χ0) is 17.7. The normalized spacial score (nSPS) is 25.1. The van der Waals surface area contributed by atoms with Crippen LogP contribution in [0.15, 0.2) is 24.4 Å². The Hall–Kier alpha value is -1.46. The highest BCUT2D eigenvalue weighted by Gasteiger charge is 2.41. The van der Waals surface area contributed by atoms with Gasteiger partial charge in [0.25, 0.3) is 0 Å². The van der Waals surface area contributed by atoms with Crippen LogP contribution >= 0.6 is 0 Å². The van der Waals surface area contributed by atoms with Gasteiger partial charge in [0.2, 0.25) is 5.91 Å². The van der Waals surface area contributed by atoms with Crippen LogP contribution in [-0.4, -0.2) is 79.0 Å².